The number of rotatable bonds is 1. The van der Waals surface area contributed by atoms with Gasteiger partial charge in [0.1, 0.15) is 11.2 Å². The molecule has 1 amide bonds. The van der Waals surface area contributed by atoms with Crippen LogP contribution in [0.15, 0.2) is 0 Å². The van der Waals surface area contributed by atoms with E-state index in [9.17, 15) is 15.0 Å². The molecule has 1 fully saturated rings. The summed E-state index contributed by atoms with van der Waals surface area (Å²) >= 11 is 0. The highest BCUT2D eigenvalue weighted by Gasteiger charge is 2.39. The van der Waals surface area contributed by atoms with E-state index < -0.39 is 17.3 Å². The molecule has 1 aliphatic rings. The van der Waals surface area contributed by atoms with Crippen LogP contribution in [0.2, 0.25) is 0 Å². The minimum atomic E-state index is -1.20. The molecule has 2 N–H and O–H groups in total. The molecule has 1 heterocycles. The molecule has 100 valence electrons. The van der Waals surface area contributed by atoms with Gasteiger partial charge in [-0.1, -0.05) is 6.92 Å². The molecule has 0 aromatic carbocycles. The molecule has 5 nitrogen and oxygen atoms in total. The largest absolute Gasteiger partial charge is 0.444 e. The van der Waals surface area contributed by atoms with Crippen molar-refractivity contribution in [1.29, 1.82) is 0 Å². The first kappa shape index (κ1) is 14.3. The van der Waals surface area contributed by atoms with Crippen molar-refractivity contribution in [3.63, 3.8) is 0 Å². The zero-order valence-electron chi connectivity index (χ0n) is 11.1. The average molecular weight is 245 g/mol. The fourth-order valence-corrected chi connectivity index (χ4v) is 2.15. The number of ether oxygens (including phenoxy) is 1. The van der Waals surface area contributed by atoms with Crippen LogP contribution in [0.3, 0.4) is 0 Å². The van der Waals surface area contributed by atoms with Crippen LogP contribution in [0, 0.1) is 5.92 Å². The maximum atomic E-state index is 11.9. The van der Waals surface area contributed by atoms with Gasteiger partial charge in [0.2, 0.25) is 0 Å². The topological polar surface area (TPSA) is 70.0 Å². The van der Waals surface area contributed by atoms with Crippen molar-refractivity contribution in [2.75, 3.05) is 19.7 Å². The first-order valence-corrected chi connectivity index (χ1v) is 5.96. The Bertz CT molecular complexity index is 287. The van der Waals surface area contributed by atoms with Gasteiger partial charge in [-0.05, 0) is 33.1 Å². The minimum absolute atomic E-state index is 0.128. The predicted octanol–water partition coefficient (Wildman–Crippen LogP) is 0.987. The van der Waals surface area contributed by atoms with E-state index in [2.05, 4.69) is 0 Å². The Labute approximate surface area is 102 Å². The summed E-state index contributed by atoms with van der Waals surface area (Å²) < 4.78 is 5.26. The Balaban J connectivity index is 2.68. The number of carbonyl (C=O) groups is 1. The van der Waals surface area contributed by atoms with Crippen LogP contribution < -0.4 is 0 Å². The molecule has 2 atom stereocenters. The Morgan fingerprint density at radius 1 is 1.53 bits per heavy atom. The third-order valence-electron chi connectivity index (χ3n) is 2.69. The van der Waals surface area contributed by atoms with Gasteiger partial charge in [0.25, 0.3) is 0 Å². The van der Waals surface area contributed by atoms with Crippen molar-refractivity contribution in [2.24, 2.45) is 5.92 Å². The summed E-state index contributed by atoms with van der Waals surface area (Å²) in [5.41, 5.74) is -1.75. The number of aliphatic hydroxyl groups excluding tert-OH is 1. The lowest BCUT2D eigenvalue weighted by Crippen LogP contribution is -2.55. The summed E-state index contributed by atoms with van der Waals surface area (Å²) in [7, 11) is 0. The van der Waals surface area contributed by atoms with Gasteiger partial charge in [-0.15, -0.1) is 0 Å². The van der Waals surface area contributed by atoms with E-state index in [0.717, 1.165) is 0 Å². The van der Waals surface area contributed by atoms with Gasteiger partial charge in [-0.2, -0.15) is 0 Å². The second-order valence-corrected chi connectivity index (χ2v) is 6.05. The van der Waals surface area contributed by atoms with Gasteiger partial charge in [-0.3, -0.25) is 0 Å². The van der Waals surface area contributed by atoms with Crippen LogP contribution in [-0.2, 0) is 4.74 Å². The number of hydrogen-bond donors (Lipinski definition) is 2. The predicted molar refractivity (Wildman–Crippen MR) is 63.6 cm³/mol. The maximum absolute atomic E-state index is 11.9. The van der Waals surface area contributed by atoms with Crippen molar-refractivity contribution in [1.82, 2.24) is 4.90 Å². The molecule has 2 unspecified atom stereocenters. The van der Waals surface area contributed by atoms with E-state index in [1.54, 1.807) is 20.8 Å². The van der Waals surface area contributed by atoms with E-state index in [-0.39, 0.29) is 19.1 Å². The second-order valence-electron chi connectivity index (χ2n) is 6.05. The minimum Gasteiger partial charge on any atom is -0.444 e. The summed E-state index contributed by atoms with van der Waals surface area (Å²) in [6, 6.07) is 0. The van der Waals surface area contributed by atoms with Gasteiger partial charge in [-0.25, -0.2) is 4.79 Å². The Hall–Kier alpha value is -0.810. The fourth-order valence-electron chi connectivity index (χ4n) is 2.15. The Morgan fingerprint density at radius 3 is 2.59 bits per heavy atom. The van der Waals surface area contributed by atoms with Gasteiger partial charge in [0.15, 0.2) is 0 Å². The van der Waals surface area contributed by atoms with Crippen LogP contribution in [0.1, 0.15) is 34.1 Å². The van der Waals surface area contributed by atoms with Crippen molar-refractivity contribution < 1.29 is 19.7 Å². The number of hydrogen-bond acceptors (Lipinski definition) is 4. The van der Waals surface area contributed by atoms with Crippen molar-refractivity contribution in [3.05, 3.63) is 0 Å². The zero-order valence-corrected chi connectivity index (χ0v) is 11.1. The number of likely N-dealkylation sites (tertiary alicyclic amines) is 1. The first-order chi connectivity index (χ1) is 7.65. The summed E-state index contributed by atoms with van der Waals surface area (Å²) in [6.07, 6.45) is 0.0684. The SMILES string of the molecule is CC1CN(C(=O)OC(C)(C)C)CC(O)(CO)C1. The van der Waals surface area contributed by atoms with Crippen molar-refractivity contribution >= 4 is 6.09 Å². The van der Waals surface area contributed by atoms with E-state index in [1.807, 2.05) is 6.92 Å². The molecule has 1 rings (SSSR count). The van der Waals surface area contributed by atoms with Crippen LogP contribution in [0.5, 0.6) is 0 Å². The van der Waals surface area contributed by atoms with E-state index in [4.69, 9.17) is 4.74 Å². The summed E-state index contributed by atoms with van der Waals surface area (Å²) in [5, 5.41) is 19.2. The molecular formula is C12H23NO4. The lowest BCUT2D eigenvalue weighted by molar-refractivity contribution is -0.0839. The normalized spacial score (nSPS) is 30.2. The quantitative estimate of drug-likeness (QED) is 0.722. The standard InChI is InChI=1S/C12H23NO4/c1-9-5-12(16,8-14)7-13(6-9)10(15)17-11(2,3)4/h9,14,16H,5-8H2,1-4H3. The average Bonchev–Trinajstić information content (AvgIpc) is 2.14. The number of piperidine rings is 1. The highest BCUT2D eigenvalue weighted by atomic mass is 16.6. The molecule has 5 heteroatoms. The molecule has 0 spiro atoms. The second kappa shape index (κ2) is 4.82. The van der Waals surface area contributed by atoms with E-state index in [0.29, 0.717) is 13.0 Å². The molecule has 0 aromatic rings. The third-order valence-corrected chi connectivity index (χ3v) is 2.69. The lowest BCUT2D eigenvalue weighted by atomic mass is 9.87. The lowest BCUT2D eigenvalue weighted by Gasteiger charge is -2.41. The summed E-state index contributed by atoms with van der Waals surface area (Å²) in [5.74, 6) is 0.147. The highest BCUT2D eigenvalue weighted by Crippen LogP contribution is 2.26. The van der Waals surface area contributed by atoms with Crippen LogP contribution in [-0.4, -0.2) is 52.1 Å². The van der Waals surface area contributed by atoms with Gasteiger partial charge < -0.3 is 19.8 Å². The number of aliphatic hydroxyl groups is 2. The number of carbonyl (C=O) groups excluding carboxylic acids is 1. The monoisotopic (exact) mass is 245 g/mol. The molecular weight excluding hydrogens is 222 g/mol. The third kappa shape index (κ3) is 4.16. The molecule has 0 aliphatic carbocycles. The molecule has 0 aromatic heterocycles. The zero-order chi connectivity index (χ0) is 13.3. The summed E-state index contributed by atoms with van der Waals surface area (Å²) in [6.45, 7) is 7.69. The number of amides is 1. The Kier molecular flexibility index (Phi) is 4.04. The smallest absolute Gasteiger partial charge is 0.410 e. The molecule has 1 saturated heterocycles. The van der Waals surface area contributed by atoms with E-state index in [1.165, 1.54) is 4.90 Å². The number of nitrogens with zero attached hydrogens (tertiary/aromatic N) is 1. The van der Waals surface area contributed by atoms with Crippen molar-refractivity contribution in [2.45, 2.75) is 45.3 Å². The Morgan fingerprint density at radius 2 is 2.12 bits per heavy atom. The van der Waals surface area contributed by atoms with Crippen molar-refractivity contribution in [3.8, 4) is 0 Å². The van der Waals surface area contributed by atoms with Crippen LogP contribution in [0.25, 0.3) is 0 Å². The van der Waals surface area contributed by atoms with Crippen LogP contribution in [0.4, 0.5) is 4.79 Å². The van der Waals surface area contributed by atoms with Gasteiger partial charge in [0.05, 0.1) is 13.2 Å². The first-order valence-electron chi connectivity index (χ1n) is 5.96. The maximum Gasteiger partial charge on any atom is 0.410 e. The molecule has 0 bridgehead atoms. The summed E-state index contributed by atoms with van der Waals surface area (Å²) in [4.78, 5) is 13.3. The molecule has 17 heavy (non-hydrogen) atoms. The molecule has 0 saturated carbocycles. The fraction of sp³-hybridized carbons (Fsp3) is 0.917. The molecule has 1 aliphatic heterocycles. The number of β-amino-alcohol motifs (C(OH)–C–C–N with tert-alkyl or cyclic N) is 1. The highest BCUT2D eigenvalue weighted by molar-refractivity contribution is 5.68. The van der Waals surface area contributed by atoms with E-state index >= 15 is 0 Å². The van der Waals surface area contributed by atoms with Gasteiger partial charge in [0, 0.05) is 6.54 Å². The molecule has 0 radical (unpaired) electrons. The van der Waals surface area contributed by atoms with Gasteiger partial charge >= 0.3 is 6.09 Å². The van der Waals surface area contributed by atoms with Crippen LogP contribution >= 0.6 is 0 Å².